The molecular weight excluding hydrogens is 217 g/mol. The van der Waals surface area contributed by atoms with E-state index in [0.717, 1.165) is 4.90 Å². The van der Waals surface area contributed by atoms with Gasteiger partial charge in [0.2, 0.25) is 0 Å². The number of carboxylic acid groups (broad SMARTS) is 1. The number of benzene rings is 1. The fraction of sp³-hybridized carbons (Fsp3) is 0.300. The molecule has 0 aromatic heterocycles. The topological polar surface area (TPSA) is 40.5 Å². The van der Waals surface area contributed by atoms with Crippen molar-refractivity contribution in [3.8, 4) is 0 Å². The molecule has 0 unspecified atom stereocenters. The molecule has 1 aliphatic rings. The van der Waals surface area contributed by atoms with Crippen molar-refractivity contribution in [3.05, 3.63) is 30.1 Å². The highest BCUT2D eigenvalue weighted by atomic mass is 32.2. The van der Waals surface area contributed by atoms with Gasteiger partial charge in [0.15, 0.2) is 0 Å². The van der Waals surface area contributed by atoms with Crippen LogP contribution in [0.15, 0.2) is 29.2 Å². The van der Waals surface area contributed by atoms with E-state index in [2.05, 4.69) is 0 Å². The van der Waals surface area contributed by atoms with E-state index >= 15 is 0 Å². The number of hydrogen-bond donors (Lipinski definition) is 1. The fourth-order valence-corrected chi connectivity index (χ4v) is 2.56. The van der Waals surface area contributed by atoms with Crippen LogP contribution < -0.4 is 0 Å². The summed E-state index contributed by atoms with van der Waals surface area (Å²) in [5.41, 5.74) is 0. The van der Waals surface area contributed by atoms with E-state index in [1.54, 1.807) is 23.9 Å². The van der Waals surface area contributed by atoms with Gasteiger partial charge in [0.25, 0.3) is 0 Å². The summed E-state index contributed by atoms with van der Waals surface area (Å²) in [6, 6.07) is 6.25. The molecular formula is C10H10FNO2S. The number of rotatable bonds is 2. The minimum atomic E-state index is -0.869. The van der Waals surface area contributed by atoms with Crippen LogP contribution in [0.1, 0.15) is 0 Å². The maximum absolute atomic E-state index is 12.6. The third kappa shape index (κ3) is 2.41. The second-order valence-corrected chi connectivity index (χ2v) is 4.76. The van der Waals surface area contributed by atoms with Crippen molar-refractivity contribution < 1.29 is 14.3 Å². The maximum Gasteiger partial charge on any atom is 0.407 e. The van der Waals surface area contributed by atoms with Gasteiger partial charge in [-0.3, -0.25) is 0 Å². The van der Waals surface area contributed by atoms with Gasteiger partial charge in [-0.05, 0) is 24.3 Å². The third-order valence-electron chi connectivity index (χ3n) is 2.23. The van der Waals surface area contributed by atoms with Gasteiger partial charge in [0, 0.05) is 23.2 Å². The van der Waals surface area contributed by atoms with Crippen molar-refractivity contribution in [3.63, 3.8) is 0 Å². The zero-order valence-electron chi connectivity index (χ0n) is 7.89. The molecule has 1 aliphatic heterocycles. The number of likely N-dealkylation sites (tertiary alicyclic amines) is 1. The summed E-state index contributed by atoms with van der Waals surface area (Å²) in [5.74, 6) is -0.250. The van der Waals surface area contributed by atoms with Gasteiger partial charge in [-0.1, -0.05) is 0 Å². The van der Waals surface area contributed by atoms with Crippen LogP contribution in [0.4, 0.5) is 9.18 Å². The number of carbonyl (C=O) groups is 1. The largest absolute Gasteiger partial charge is 0.465 e. The molecule has 80 valence electrons. The van der Waals surface area contributed by atoms with Crippen molar-refractivity contribution in [2.75, 3.05) is 13.1 Å². The lowest BCUT2D eigenvalue weighted by Gasteiger charge is -2.36. The van der Waals surface area contributed by atoms with E-state index < -0.39 is 6.09 Å². The van der Waals surface area contributed by atoms with Crippen LogP contribution in [0.2, 0.25) is 0 Å². The number of nitrogens with zero attached hydrogens (tertiary/aromatic N) is 1. The zero-order valence-corrected chi connectivity index (χ0v) is 8.71. The van der Waals surface area contributed by atoms with E-state index in [1.165, 1.54) is 17.0 Å². The second kappa shape index (κ2) is 4.10. The van der Waals surface area contributed by atoms with Crippen LogP contribution in [0.5, 0.6) is 0 Å². The Morgan fingerprint density at radius 1 is 1.40 bits per heavy atom. The van der Waals surface area contributed by atoms with Crippen LogP contribution in [0, 0.1) is 5.82 Å². The lowest BCUT2D eigenvalue weighted by atomic mass is 10.2. The molecule has 0 saturated carbocycles. The van der Waals surface area contributed by atoms with Crippen molar-refractivity contribution in [2.45, 2.75) is 10.1 Å². The molecule has 5 heteroatoms. The Hall–Kier alpha value is -1.23. The molecule has 1 N–H and O–H groups in total. The molecule has 0 radical (unpaired) electrons. The lowest BCUT2D eigenvalue weighted by molar-refractivity contribution is 0.121. The molecule has 0 bridgehead atoms. The summed E-state index contributed by atoms with van der Waals surface area (Å²) < 4.78 is 12.6. The van der Waals surface area contributed by atoms with E-state index in [-0.39, 0.29) is 5.82 Å². The molecule has 1 amide bonds. The van der Waals surface area contributed by atoms with E-state index in [1.807, 2.05) is 0 Å². The van der Waals surface area contributed by atoms with Gasteiger partial charge in [-0.2, -0.15) is 0 Å². The predicted octanol–water partition coefficient (Wildman–Crippen LogP) is 2.28. The first-order valence-corrected chi connectivity index (χ1v) is 5.43. The summed E-state index contributed by atoms with van der Waals surface area (Å²) in [6.45, 7) is 1.11. The Balaban J connectivity index is 1.85. The number of thioether (sulfide) groups is 1. The smallest absolute Gasteiger partial charge is 0.407 e. The summed E-state index contributed by atoms with van der Waals surface area (Å²) in [5, 5.41) is 8.92. The Kier molecular flexibility index (Phi) is 2.81. The predicted molar refractivity (Wildman–Crippen MR) is 55.6 cm³/mol. The normalized spacial score (nSPS) is 16.2. The van der Waals surface area contributed by atoms with Crippen molar-refractivity contribution in [2.24, 2.45) is 0 Å². The monoisotopic (exact) mass is 227 g/mol. The first kappa shape index (κ1) is 10.3. The Morgan fingerprint density at radius 3 is 2.53 bits per heavy atom. The molecule has 0 spiro atoms. The SMILES string of the molecule is O=C(O)N1CC(Sc2ccc(F)cc2)C1. The standard InChI is InChI=1S/C10H10FNO2S/c11-7-1-3-8(4-2-7)15-9-5-12(6-9)10(13)14/h1-4,9H,5-6H2,(H,13,14). The maximum atomic E-state index is 12.6. The Bertz CT molecular complexity index is 362. The third-order valence-corrected chi connectivity index (χ3v) is 3.41. The minimum Gasteiger partial charge on any atom is -0.465 e. The molecule has 1 aromatic rings. The van der Waals surface area contributed by atoms with Crippen molar-refractivity contribution in [1.29, 1.82) is 0 Å². The quantitative estimate of drug-likeness (QED) is 0.842. The second-order valence-electron chi connectivity index (χ2n) is 3.38. The summed E-state index contributed by atoms with van der Waals surface area (Å²) in [7, 11) is 0. The molecule has 15 heavy (non-hydrogen) atoms. The highest BCUT2D eigenvalue weighted by Gasteiger charge is 2.30. The summed E-state index contributed by atoms with van der Waals surface area (Å²) in [4.78, 5) is 12.8. The van der Waals surface area contributed by atoms with E-state index in [4.69, 9.17) is 5.11 Å². The number of halogens is 1. The summed E-state index contributed by atoms with van der Waals surface area (Å²) in [6.07, 6.45) is -0.869. The van der Waals surface area contributed by atoms with Crippen LogP contribution in [-0.2, 0) is 0 Å². The molecule has 1 fully saturated rings. The number of hydrogen-bond acceptors (Lipinski definition) is 2. The van der Waals surface area contributed by atoms with E-state index in [9.17, 15) is 9.18 Å². The molecule has 2 rings (SSSR count). The fourth-order valence-electron chi connectivity index (χ4n) is 1.37. The van der Waals surface area contributed by atoms with Gasteiger partial charge in [-0.25, -0.2) is 9.18 Å². The first-order valence-electron chi connectivity index (χ1n) is 4.55. The molecule has 0 atom stereocenters. The van der Waals surface area contributed by atoms with Crippen LogP contribution in [0.3, 0.4) is 0 Å². The average Bonchev–Trinajstić information content (AvgIpc) is 2.13. The molecule has 3 nitrogen and oxygen atoms in total. The van der Waals surface area contributed by atoms with Gasteiger partial charge in [0.1, 0.15) is 5.82 Å². The Morgan fingerprint density at radius 2 is 2.00 bits per heavy atom. The van der Waals surface area contributed by atoms with Crippen molar-refractivity contribution in [1.82, 2.24) is 4.90 Å². The van der Waals surface area contributed by atoms with Gasteiger partial charge >= 0.3 is 6.09 Å². The highest BCUT2D eigenvalue weighted by molar-refractivity contribution is 8.00. The highest BCUT2D eigenvalue weighted by Crippen LogP contribution is 2.29. The zero-order chi connectivity index (χ0) is 10.8. The van der Waals surface area contributed by atoms with Gasteiger partial charge in [-0.15, -0.1) is 11.8 Å². The van der Waals surface area contributed by atoms with Crippen LogP contribution in [0.25, 0.3) is 0 Å². The van der Waals surface area contributed by atoms with Gasteiger partial charge < -0.3 is 10.0 Å². The van der Waals surface area contributed by atoms with Gasteiger partial charge in [0.05, 0.1) is 0 Å². The lowest BCUT2D eigenvalue weighted by Crippen LogP contribution is -2.51. The number of amides is 1. The first-order chi connectivity index (χ1) is 7.15. The Labute approximate surface area is 90.9 Å². The van der Waals surface area contributed by atoms with Crippen LogP contribution in [-0.4, -0.2) is 34.4 Å². The average molecular weight is 227 g/mol. The van der Waals surface area contributed by atoms with Crippen LogP contribution >= 0.6 is 11.8 Å². The molecule has 0 aliphatic carbocycles. The molecule has 1 heterocycles. The molecule has 1 aromatic carbocycles. The summed E-state index contributed by atoms with van der Waals surface area (Å²) >= 11 is 1.59. The van der Waals surface area contributed by atoms with Crippen molar-refractivity contribution >= 4 is 17.9 Å². The molecule has 1 saturated heterocycles. The van der Waals surface area contributed by atoms with E-state index in [0.29, 0.717) is 18.3 Å². The minimum absolute atomic E-state index is 0.250.